The van der Waals surface area contributed by atoms with Crippen LogP contribution in [-0.4, -0.2) is 6.04 Å². The number of benzene rings is 2. The highest BCUT2D eigenvalue weighted by Gasteiger charge is 2.17. The van der Waals surface area contributed by atoms with Gasteiger partial charge >= 0.3 is 0 Å². The van der Waals surface area contributed by atoms with Gasteiger partial charge < -0.3 is 5.73 Å². The van der Waals surface area contributed by atoms with Crippen molar-refractivity contribution >= 4 is 27.7 Å². The molecular formula is C16H18BrNS. The van der Waals surface area contributed by atoms with Gasteiger partial charge in [-0.2, -0.15) is 0 Å². The van der Waals surface area contributed by atoms with Crippen molar-refractivity contribution in [1.82, 2.24) is 0 Å². The van der Waals surface area contributed by atoms with E-state index in [0.717, 1.165) is 4.47 Å². The Morgan fingerprint density at radius 1 is 1.11 bits per heavy atom. The highest BCUT2D eigenvalue weighted by molar-refractivity contribution is 9.10. The van der Waals surface area contributed by atoms with Crippen LogP contribution in [0.15, 0.2) is 57.9 Å². The van der Waals surface area contributed by atoms with Crippen molar-refractivity contribution in [1.29, 1.82) is 0 Å². The molecule has 2 aromatic carbocycles. The van der Waals surface area contributed by atoms with Crippen molar-refractivity contribution in [2.45, 2.75) is 30.0 Å². The molecule has 0 fully saturated rings. The van der Waals surface area contributed by atoms with Gasteiger partial charge in [-0.3, -0.25) is 0 Å². The van der Waals surface area contributed by atoms with Crippen molar-refractivity contribution < 1.29 is 0 Å². The van der Waals surface area contributed by atoms with Gasteiger partial charge in [0.05, 0.1) is 0 Å². The van der Waals surface area contributed by atoms with Crippen molar-refractivity contribution in [2.75, 3.05) is 0 Å². The van der Waals surface area contributed by atoms with Crippen molar-refractivity contribution in [3.63, 3.8) is 0 Å². The van der Waals surface area contributed by atoms with Gasteiger partial charge in [0.1, 0.15) is 0 Å². The lowest BCUT2D eigenvalue weighted by atomic mass is 10.1. The maximum atomic E-state index is 6.16. The van der Waals surface area contributed by atoms with Gasteiger partial charge in [-0.05, 0) is 43.7 Å². The highest BCUT2D eigenvalue weighted by Crippen LogP contribution is 2.37. The van der Waals surface area contributed by atoms with E-state index >= 15 is 0 Å². The molecule has 0 aliphatic carbocycles. The summed E-state index contributed by atoms with van der Waals surface area (Å²) in [5.41, 5.74) is 8.70. The first kappa shape index (κ1) is 14.6. The number of hydrogen-bond donors (Lipinski definition) is 1. The first-order valence-electron chi connectivity index (χ1n) is 6.30. The lowest BCUT2D eigenvalue weighted by molar-refractivity contribution is 0.721. The SMILES string of the molecule is Cc1ccc(SC(c2cccc(Br)c2)C(C)N)cc1. The summed E-state index contributed by atoms with van der Waals surface area (Å²) in [4.78, 5) is 1.26. The molecule has 2 rings (SSSR count). The van der Waals surface area contributed by atoms with E-state index in [9.17, 15) is 0 Å². The molecule has 0 saturated heterocycles. The van der Waals surface area contributed by atoms with Crippen molar-refractivity contribution in [3.8, 4) is 0 Å². The molecular weight excluding hydrogens is 318 g/mol. The quantitative estimate of drug-likeness (QED) is 0.801. The van der Waals surface area contributed by atoms with Gasteiger partial charge in [0.25, 0.3) is 0 Å². The second-order valence-electron chi connectivity index (χ2n) is 4.77. The summed E-state index contributed by atoms with van der Waals surface area (Å²) >= 11 is 5.35. The van der Waals surface area contributed by atoms with E-state index < -0.39 is 0 Å². The number of halogens is 1. The molecule has 0 aliphatic rings. The standard InChI is InChI=1S/C16H18BrNS/c1-11-6-8-15(9-7-11)19-16(12(2)18)13-4-3-5-14(17)10-13/h3-10,12,16H,18H2,1-2H3. The monoisotopic (exact) mass is 335 g/mol. The van der Waals surface area contributed by atoms with Crippen LogP contribution in [0.25, 0.3) is 0 Å². The maximum absolute atomic E-state index is 6.16. The van der Waals surface area contributed by atoms with E-state index in [1.54, 1.807) is 0 Å². The summed E-state index contributed by atoms with van der Waals surface area (Å²) in [6.45, 7) is 4.17. The van der Waals surface area contributed by atoms with Crippen LogP contribution in [0.2, 0.25) is 0 Å². The summed E-state index contributed by atoms with van der Waals surface area (Å²) in [7, 11) is 0. The molecule has 0 aromatic heterocycles. The minimum atomic E-state index is 0.0978. The van der Waals surface area contributed by atoms with Crippen LogP contribution < -0.4 is 5.73 Å². The fraction of sp³-hybridized carbons (Fsp3) is 0.250. The van der Waals surface area contributed by atoms with Crippen molar-refractivity contribution in [3.05, 3.63) is 64.1 Å². The Kier molecular flexibility index (Phi) is 5.08. The summed E-state index contributed by atoms with van der Waals surface area (Å²) < 4.78 is 1.10. The van der Waals surface area contributed by atoms with E-state index in [0.29, 0.717) is 0 Å². The fourth-order valence-electron chi connectivity index (χ4n) is 1.93. The Labute approximate surface area is 127 Å². The Morgan fingerprint density at radius 3 is 2.37 bits per heavy atom. The van der Waals surface area contributed by atoms with Gasteiger partial charge in [0.2, 0.25) is 0 Å². The third kappa shape index (κ3) is 4.10. The lowest BCUT2D eigenvalue weighted by Gasteiger charge is -2.21. The predicted molar refractivity (Wildman–Crippen MR) is 87.6 cm³/mol. The van der Waals surface area contributed by atoms with Crippen LogP contribution in [0.5, 0.6) is 0 Å². The summed E-state index contributed by atoms with van der Waals surface area (Å²) in [5, 5.41) is 0.264. The minimum Gasteiger partial charge on any atom is -0.327 e. The van der Waals surface area contributed by atoms with Crippen LogP contribution in [0, 0.1) is 6.92 Å². The minimum absolute atomic E-state index is 0.0978. The highest BCUT2D eigenvalue weighted by atomic mass is 79.9. The van der Waals surface area contributed by atoms with E-state index in [1.807, 2.05) is 17.8 Å². The largest absolute Gasteiger partial charge is 0.327 e. The molecule has 19 heavy (non-hydrogen) atoms. The lowest BCUT2D eigenvalue weighted by Crippen LogP contribution is -2.22. The molecule has 100 valence electrons. The molecule has 2 N–H and O–H groups in total. The number of rotatable bonds is 4. The Bertz CT molecular complexity index is 537. The topological polar surface area (TPSA) is 26.0 Å². The van der Waals surface area contributed by atoms with E-state index in [1.165, 1.54) is 16.0 Å². The second kappa shape index (κ2) is 6.60. The van der Waals surface area contributed by atoms with E-state index in [4.69, 9.17) is 5.73 Å². The molecule has 0 aliphatic heterocycles. The zero-order valence-electron chi connectivity index (χ0n) is 11.1. The third-order valence-corrected chi connectivity index (χ3v) is 4.93. The van der Waals surface area contributed by atoms with E-state index in [2.05, 4.69) is 72.2 Å². The molecule has 3 heteroatoms. The Hall–Kier alpha value is -0.770. The third-order valence-electron chi connectivity index (χ3n) is 2.94. The van der Waals surface area contributed by atoms with E-state index in [-0.39, 0.29) is 11.3 Å². The molecule has 0 saturated carbocycles. The van der Waals surface area contributed by atoms with Crippen LogP contribution in [0.4, 0.5) is 0 Å². The number of aryl methyl sites for hydroxylation is 1. The smallest absolute Gasteiger partial charge is 0.0493 e. The van der Waals surface area contributed by atoms with Gasteiger partial charge in [-0.15, -0.1) is 11.8 Å². The average molecular weight is 336 g/mol. The molecule has 0 radical (unpaired) electrons. The molecule has 2 aromatic rings. The van der Waals surface area contributed by atoms with Crippen LogP contribution in [0.1, 0.15) is 23.3 Å². The second-order valence-corrected chi connectivity index (χ2v) is 6.90. The van der Waals surface area contributed by atoms with Gasteiger partial charge in [-0.25, -0.2) is 0 Å². The number of hydrogen-bond acceptors (Lipinski definition) is 2. The molecule has 0 amide bonds. The Balaban J connectivity index is 2.23. The van der Waals surface area contributed by atoms with Crippen LogP contribution in [0.3, 0.4) is 0 Å². The first-order chi connectivity index (χ1) is 9.06. The average Bonchev–Trinajstić information content (AvgIpc) is 2.37. The van der Waals surface area contributed by atoms with Gasteiger partial charge in [0, 0.05) is 20.7 Å². The summed E-state index contributed by atoms with van der Waals surface area (Å²) in [6, 6.07) is 17.1. The zero-order chi connectivity index (χ0) is 13.8. The molecule has 1 nitrogen and oxygen atoms in total. The predicted octanol–water partition coefficient (Wildman–Crippen LogP) is 4.94. The maximum Gasteiger partial charge on any atom is 0.0493 e. The van der Waals surface area contributed by atoms with Gasteiger partial charge in [-0.1, -0.05) is 45.8 Å². The molecule has 2 unspecified atom stereocenters. The molecule has 2 atom stereocenters. The molecule has 0 spiro atoms. The van der Waals surface area contributed by atoms with Gasteiger partial charge in [0.15, 0.2) is 0 Å². The molecule has 0 bridgehead atoms. The van der Waals surface area contributed by atoms with Crippen molar-refractivity contribution in [2.24, 2.45) is 5.73 Å². The number of nitrogens with two attached hydrogens (primary N) is 1. The Morgan fingerprint density at radius 2 is 1.79 bits per heavy atom. The first-order valence-corrected chi connectivity index (χ1v) is 7.98. The molecule has 0 heterocycles. The van der Waals surface area contributed by atoms with Crippen LogP contribution in [-0.2, 0) is 0 Å². The zero-order valence-corrected chi connectivity index (χ0v) is 13.5. The summed E-state index contributed by atoms with van der Waals surface area (Å²) in [6.07, 6.45) is 0. The number of thioether (sulfide) groups is 1. The van der Waals surface area contributed by atoms with Crippen LogP contribution >= 0.6 is 27.7 Å². The summed E-state index contributed by atoms with van der Waals surface area (Å²) in [5.74, 6) is 0. The normalized spacial score (nSPS) is 14.1. The fourth-order valence-corrected chi connectivity index (χ4v) is 3.43.